The average Bonchev–Trinajstić information content (AvgIpc) is 3.09. The lowest BCUT2D eigenvalue weighted by Gasteiger charge is -2.19. The van der Waals surface area contributed by atoms with Gasteiger partial charge in [-0.05, 0) is 72.6 Å². The molecule has 0 fully saturated rings. The summed E-state index contributed by atoms with van der Waals surface area (Å²) in [6.07, 6.45) is 0.349. The van der Waals surface area contributed by atoms with Crippen LogP contribution in [0, 0.1) is 5.82 Å². The van der Waals surface area contributed by atoms with Crippen molar-refractivity contribution in [3.63, 3.8) is 0 Å². The van der Waals surface area contributed by atoms with Gasteiger partial charge in [-0.1, -0.05) is 67.1 Å². The Bertz CT molecular complexity index is 1940. The fourth-order valence-electron chi connectivity index (χ4n) is 5.07. The third kappa shape index (κ3) is 9.52. The van der Waals surface area contributed by atoms with Crippen LogP contribution in [-0.4, -0.2) is 23.8 Å². The number of amides is 3. The molecule has 0 spiro atoms. The number of nitrogens with two attached hydrogens (primary N) is 1. The van der Waals surface area contributed by atoms with Crippen molar-refractivity contribution < 1.29 is 23.5 Å². The second-order valence-corrected chi connectivity index (χ2v) is 11.4. The molecular formula is C38H35Cl2FN4O4. The van der Waals surface area contributed by atoms with Crippen LogP contribution in [0.25, 0.3) is 11.1 Å². The van der Waals surface area contributed by atoms with Crippen molar-refractivity contribution >= 4 is 47.4 Å². The van der Waals surface area contributed by atoms with E-state index < -0.39 is 23.7 Å². The van der Waals surface area contributed by atoms with Crippen molar-refractivity contribution in [2.24, 2.45) is 5.73 Å². The van der Waals surface area contributed by atoms with Gasteiger partial charge in [-0.25, -0.2) is 4.39 Å². The quantitative estimate of drug-likeness (QED) is 0.105. The van der Waals surface area contributed by atoms with Gasteiger partial charge >= 0.3 is 0 Å². The van der Waals surface area contributed by atoms with Gasteiger partial charge in [0.15, 0.2) is 0 Å². The largest absolute Gasteiger partial charge is 0.457 e. The van der Waals surface area contributed by atoms with Crippen LogP contribution in [0.4, 0.5) is 10.1 Å². The molecule has 0 bridgehead atoms. The Morgan fingerprint density at radius 1 is 0.837 bits per heavy atom. The highest BCUT2D eigenvalue weighted by molar-refractivity contribution is 6.30. The molecule has 8 nitrogen and oxygen atoms in total. The molecule has 1 unspecified atom stereocenters. The van der Waals surface area contributed by atoms with E-state index in [9.17, 15) is 18.8 Å². The summed E-state index contributed by atoms with van der Waals surface area (Å²) in [6, 6.07) is 31.2. The minimum absolute atomic E-state index is 0. The van der Waals surface area contributed by atoms with Gasteiger partial charge in [0.1, 0.15) is 17.3 Å². The smallest absolute Gasteiger partial charge is 0.258 e. The van der Waals surface area contributed by atoms with Crippen LogP contribution in [0.15, 0.2) is 115 Å². The zero-order chi connectivity index (χ0) is 34.0. The minimum Gasteiger partial charge on any atom is -0.457 e. The number of imide groups is 1. The number of rotatable bonds is 12. The summed E-state index contributed by atoms with van der Waals surface area (Å²) in [5, 5.41) is 8.79. The highest BCUT2D eigenvalue weighted by Gasteiger charge is 2.23. The third-order valence-corrected chi connectivity index (χ3v) is 7.85. The number of benzene rings is 5. The fourth-order valence-corrected chi connectivity index (χ4v) is 5.23. The number of nitrogens with one attached hydrogen (secondary N) is 3. The standard InChI is InChI=1S/C38H34ClFN4O4.ClH/c1-2-34(42-23-26-12-6-7-14-33(26)40)38(47)44-37(46)31-18-16-28(43-36(45)25-10-4-3-5-11-25)21-32(31)30-17-15-27(39)20-35(30)48-29-13-8-9-24(19-29)22-41;/h3-21,34,42H,2,22-23,41H2,1H3,(H,43,45)(H,44,46,47);1H. The van der Waals surface area contributed by atoms with Crippen LogP contribution in [0.3, 0.4) is 0 Å². The van der Waals surface area contributed by atoms with E-state index in [-0.39, 0.29) is 30.4 Å². The first-order valence-corrected chi connectivity index (χ1v) is 15.7. The maximum atomic E-state index is 14.2. The van der Waals surface area contributed by atoms with E-state index in [2.05, 4.69) is 16.0 Å². The topological polar surface area (TPSA) is 123 Å². The molecular weight excluding hydrogens is 666 g/mol. The molecule has 0 aromatic heterocycles. The van der Waals surface area contributed by atoms with Crippen molar-refractivity contribution in [2.45, 2.75) is 32.5 Å². The Kier molecular flexibility index (Phi) is 13.0. The molecule has 5 N–H and O–H groups in total. The summed E-state index contributed by atoms with van der Waals surface area (Å²) in [4.78, 5) is 40.1. The maximum absolute atomic E-state index is 14.2. The molecule has 0 aliphatic rings. The lowest BCUT2D eigenvalue weighted by Crippen LogP contribution is -2.45. The predicted molar refractivity (Wildman–Crippen MR) is 193 cm³/mol. The highest BCUT2D eigenvalue weighted by atomic mass is 35.5. The van der Waals surface area contributed by atoms with Crippen LogP contribution < -0.4 is 26.4 Å². The molecule has 0 saturated heterocycles. The Balaban J connectivity index is 0.00000541. The van der Waals surface area contributed by atoms with Crippen LogP contribution in [0.2, 0.25) is 5.02 Å². The van der Waals surface area contributed by atoms with Crippen molar-refractivity contribution in [2.75, 3.05) is 5.32 Å². The summed E-state index contributed by atoms with van der Waals surface area (Å²) in [6.45, 7) is 2.20. The molecule has 5 rings (SSSR count). The van der Waals surface area contributed by atoms with Crippen molar-refractivity contribution in [3.05, 3.63) is 148 Å². The van der Waals surface area contributed by atoms with E-state index in [1.54, 1.807) is 91.9 Å². The lowest BCUT2D eigenvalue weighted by atomic mass is 9.97. The summed E-state index contributed by atoms with van der Waals surface area (Å²) < 4.78 is 20.4. The van der Waals surface area contributed by atoms with Gasteiger partial charge in [-0.3, -0.25) is 19.7 Å². The van der Waals surface area contributed by atoms with E-state index in [1.807, 2.05) is 18.2 Å². The molecule has 49 heavy (non-hydrogen) atoms. The average molecular weight is 702 g/mol. The van der Waals surface area contributed by atoms with Gasteiger partial charge in [0.2, 0.25) is 5.91 Å². The molecule has 3 amide bonds. The molecule has 1 atom stereocenters. The molecule has 5 aromatic rings. The van der Waals surface area contributed by atoms with Crippen molar-refractivity contribution in [1.82, 2.24) is 10.6 Å². The third-order valence-electron chi connectivity index (χ3n) is 7.61. The van der Waals surface area contributed by atoms with Gasteiger partial charge < -0.3 is 21.1 Å². The van der Waals surface area contributed by atoms with Crippen LogP contribution in [-0.2, 0) is 17.9 Å². The van der Waals surface area contributed by atoms with Crippen LogP contribution in [0.5, 0.6) is 11.5 Å². The molecule has 5 aromatic carbocycles. The van der Waals surface area contributed by atoms with E-state index in [0.717, 1.165) is 5.56 Å². The van der Waals surface area contributed by atoms with Crippen LogP contribution >= 0.6 is 24.0 Å². The number of anilines is 1. The van der Waals surface area contributed by atoms with Gasteiger partial charge in [0, 0.05) is 57.7 Å². The molecule has 252 valence electrons. The molecule has 11 heteroatoms. The van der Waals surface area contributed by atoms with Gasteiger partial charge in [-0.2, -0.15) is 0 Å². The number of carbonyl (C=O) groups is 3. The molecule has 0 aliphatic carbocycles. The molecule has 0 aliphatic heterocycles. The Hall–Kier alpha value is -5.06. The summed E-state index contributed by atoms with van der Waals surface area (Å²) in [5.74, 6) is -1.14. The Labute approximate surface area is 295 Å². The second kappa shape index (κ2) is 17.4. The number of halogens is 3. The SMILES string of the molecule is CCC(NCc1ccccc1F)C(=O)NC(=O)c1ccc(NC(=O)c2ccccc2)cc1-c1ccc(Cl)cc1Oc1cccc(CN)c1.Cl. The Morgan fingerprint density at radius 3 is 2.33 bits per heavy atom. The van der Waals surface area contributed by atoms with Gasteiger partial charge in [0.25, 0.3) is 11.8 Å². The van der Waals surface area contributed by atoms with Crippen molar-refractivity contribution in [3.8, 4) is 22.6 Å². The Morgan fingerprint density at radius 2 is 1.59 bits per heavy atom. The first-order valence-electron chi connectivity index (χ1n) is 15.3. The highest BCUT2D eigenvalue weighted by Crippen LogP contribution is 2.38. The van der Waals surface area contributed by atoms with E-state index in [0.29, 0.717) is 57.4 Å². The first-order chi connectivity index (χ1) is 23.2. The fraction of sp³-hybridized carbons (Fsp3) is 0.132. The summed E-state index contributed by atoms with van der Waals surface area (Å²) >= 11 is 6.39. The number of ether oxygens (including phenoxy) is 1. The summed E-state index contributed by atoms with van der Waals surface area (Å²) in [7, 11) is 0. The van der Waals surface area contributed by atoms with Gasteiger partial charge in [-0.15, -0.1) is 12.4 Å². The normalized spacial score (nSPS) is 11.2. The molecule has 0 heterocycles. The maximum Gasteiger partial charge on any atom is 0.258 e. The van der Waals surface area contributed by atoms with E-state index in [4.69, 9.17) is 22.1 Å². The van der Waals surface area contributed by atoms with E-state index >= 15 is 0 Å². The lowest BCUT2D eigenvalue weighted by molar-refractivity contribution is -0.122. The number of carbonyl (C=O) groups excluding carboxylic acids is 3. The first kappa shape index (κ1) is 36.8. The predicted octanol–water partition coefficient (Wildman–Crippen LogP) is 7.90. The number of hydrogen-bond acceptors (Lipinski definition) is 6. The zero-order valence-electron chi connectivity index (χ0n) is 26.5. The van der Waals surface area contributed by atoms with Gasteiger partial charge in [0.05, 0.1) is 6.04 Å². The summed E-state index contributed by atoms with van der Waals surface area (Å²) in [5.41, 5.74) is 8.95. The molecule has 0 saturated carbocycles. The van der Waals surface area contributed by atoms with Crippen LogP contribution in [0.1, 0.15) is 45.2 Å². The number of hydrogen-bond donors (Lipinski definition) is 4. The second-order valence-electron chi connectivity index (χ2n) is 10.9. The van der Waals surface area contributed by atoms with E-state index in [1.165, 1.54) is 12.1 Å². The monoisotopic (exact) mass is 700 g/mol. The minimum atomic E-state index is -0.773. The molecule has 0 radical (unpaired) electrons. The zero-order valence-corrected chi connectivity index (χ0v) is 28.1. The van der Waals surface area contributed by atoms with Crippen molar-refractivity contribution in [1.29, 1.82) is 0 Å².